The van der Waals surface area contributed by atoms with Gasteiger partial charge in [-0.25, -0.2) is 0 Å². The maximum Gasteiger partial charge on any atom is 0.217 e. The Kier molecular flexibility index (Phi) is 2.99. The average molecular weight is 154 g/mol. The maximum absolute atomic E-state index is 10.7. The molecule has 0 fully saturated rings. The molecule has 0 atom stereocenters. The van der Waals surface area contributed by atoms with Gasteiger partial charge in [-0.3, -0.25) is 9.79 Å². The van der Waals surface area contributed by atoms with Gasteiger partial charge in [-0.15, -0.1) is 0 Å². The van der Waals surface area contributed by atoms with E-state index in [1.807, 2.05) is 13.8 Å². The van der Waals surface area contributed by atoms with Crippen LogP contribution < -0.4 is 5.32 Å². The predicted molar refractivity (Wildman–Crippen MR) is 46.6 cm³/mol. The van der Waals surface area contributed by atoms with Crippen molar-refractivity contribution in [2.24, 2.45) is 4.99 Å². The lowest BCUT2D eigenvalue weighted by molar-refractivity contribution is -0.120. The van der Waals surface area contributed by atoms with E-state index in [1.165, 1.54) is 6.92 Å². The van der Waals surface area contributed by atoms with E-state index in [-0.39, 0.29) is 5.91 Å². The molecular weight excluding hydrogens is 140 g/mol. The lowest BCUT2D eigenvalue weighted by Crippen LogP contribution is -2.43. The zero-order chi connectivity index (χ0) is 9.07. The van der Waals surface area contributed by atoms with Crippen LogP contribution in [0.5, 0.6) is 0 Å². The van der Waals surface area contributed by atoms with Crippen molar-refractivity contribution in [2.75, 3.05) is 0 Å². The van der Waals surface area contributed by atoms with Crippen LogP contribution in [0.1, 0.15) is 20.8 Å². The topological polar surface area (TPSA) is 41.5 Å². The van der Waals surface area contributed by atoms with Crippen molar-refractivity contribution in [2.45, 2.75) is 26.3 Å². The fraction of sp³-hybridized carbons (Fsp3) is 0.500. The summed E-state index contributed by atoms with van der Waals surface area (Å²) in [5, 5.41) is 2.70. The number of carbonyl (C=O) groups is 1. The molecule has 0 unspecified atom stereocenters. The van der Waals surface area contributed by atoms with Gasteiger partial charge in [-0.05, 0) is 20.6 Å². The van der Waals surface area contributed by atoms with Crippen molar-refractivity contribution in [1.82, 2.24) is 5.32 Å². The molecule has 0 rings (SSSR count). The monoisotopic (exact) mass is 154 g/mol. The van der Waals surface area contributed by atoms with Gasteiger partial charge in [0.1, 0.15) is 0 Å². The van der Waals surface area contributed by atoms with Gasteiger partial charge in [0.15, 0.2) is 0 Å². The molecule has 0 saturated heterocycles. The van der Waals surface area contributed by atoms with Gasteiger partial charge in [0.25, 0.3) is 0 Å². The van der Waals surface area contributed by atoms with Crippen molar-refractivity contribution in [3.05, 3.63) is 12.3 Å². The van der Waals surface area contributed by atoms with E-state index in [0.29, 0.717) is 5.70 Å². The molecule has 0 aromatic rings. The van der Waals surface area contributed by atoms with Crippen molar-refractivity contribution < 1.29 is 4.79 Å². The van der Waals surface area contributed by atoms with Gasteiger partial charge < -0.3 is 5.32 Å². The fourth-order valence-electron chi connectivity index (χ4n) is 0.710. The van der Waals surface area contributed by atoms with Crippen molar-refractivity contribution >= 4 is 12.6 Å². The van der Waals surface area contributed by atoms with Gasteiger partial charge >= 0.3 is 0 Å². The Labute approximate surface area is 67.2 Å². The van der Waals surface area contributed by atoms with Crippen molar-refractivity contribution in [3.63, 3.8) is 0 Å². The third-order valence-corrected chi connectivity index (χ3v) is 1.40. The molecule has 62 valence electrons. The lowest BCUT2D eigenvalue weighted by atomic mass is 10.0. The number of carbonyl (C=O) groups excluding carboxylic acids is 1. The van der Waals surface area contributed by atoms with E-state index in [2.05, 4.69) is 23.6 Å². The zero-order valence-corrected chi connectivity index (χ0v) is 7.27. The predicted octanol–water partition coefficient (Wildman–Crippen LogP) is 1.12. The number of nitrogens with zero attached hydrogens (tertiary/aromatic N) is 1. The quantitative estimate of drug-likeness (QED) is 0.608. The van der Waals surface area contributed by atoms with Crippen LogP contribution in [0.4, 0.5) is 0 Å². The highest BCUT2D eigenvalue weighted by Gasteiger charge is 2.21. The number of amides is 1. The highest BCUT2D eigenvalue weighted by molar-refractivity contribution is 5.74. The molecule has 0 spiro atoms. The van der Waals surface area contributed by atoms with Crippen LogP contribution in [-0.2, 0) is 4.79 Å². The first kappa shape index (κ1) is 9.88. The summed E-state index contributed by atoms with van der Waals surface area (Å²) >= 11 is 0. The Hall–Kier alpha value is -1.12. The van der Waals surface area contributed by atoms with Gasteiger partial charge in [-0.1, -0.05) is 6.58 Å². The Morgan fingerprint density at radius 3 is 2.27 bits per heavy atom. The van der Waals surface area contributed by atoms with E-state index >= 15 is 0 Å². The van der Waals surface area contributed by atoms with E-state index in [9.17, 15) is 4.79 Å². The lowest BCUT2D eigenvalue weighted by Gasteiger charge is -2.24. The zero-order valence-electron chi connectivity index (χ0n) is 7.27. The summed E-state index contributed by atoms with van der Waals surface area (Å²) in [5.41, 5.74) is 0.0702. The molecular formula is C8H14N2O. The fourth-order valence-corrected chi connectivity index (χ4v) is 0.710. The Bertz CT molecular complexity index is 194. The minimum absolute atomic E-state index is 0.0974. The second-order valence-corrected chi connectivity index (χ2v) is 2.91. The van der Waals surface area contributed by atoms with Crippen LogP contribution in [-0.4, -0.2) is 18.2 Å². The molecule has 0 aliphatic carbocycles. The molecule has 1 amide bonds. The maximum atomic E-state index is 10.7. The summed E-state index contributed by atoms with van der Waals surface area (Å²) in [6.07, 6.45) is 0. The Balaban J connectivity index is 4.32. The van der Waals surface area contributed by atoms with Crippen molar-refractivity contribution in [1.29, 1.82) is 0 Å². The normalized spacial score (nSPS) is 10.5. The highest BCUT2D eigenvalue weighted by atomic mass is 16.1. The standard InChI is InChI=1S/C8H14N2O/c1-6(9-5)8(3,4)10-7(2)11/h1,5H2,2-4H3,(H,10,11). The minimum atomic E-state index is -0.492. The molecule has 1 N–H and O–H groups in total. The molecule has 0 saturated carbocycles. The summed E-state index contributed by atoms with van der Waals surface area (Å²) in [6.45, 7) is 12.1. The minimum Gasteiger partial charge on any atom is -0.346 e. The average Bonchev–Trinajstić information content (AvgIpc) is 1.83. The van der Waals surface area contributed by atoms with E-state index in [4.69, 9.17) is 0 Å². The van der Waals surface area contributed by atoms with Crippen LogP contribution in [0.25, 0.3) is 0 Å². The third-order valence-electron chi connectivity index (χ3n) is 1.40. The first-order valence-corrected chi connectivity index (χ1v) is 3.35. The van der Waals surface area contributed by atoms with Crippen LogP contribution in [0.3, 0.4) is 0 Å². The smallest absolute Gasteiger partial charge is 0.217 e. The Morgan fingerprint density at radius 1 is 1.55 bits per heavy atom. The summed E-state index contributed by atoms with van der Waals surface area (Å²) in [7, 11) is 0. The number of aliphatic imine (C=N–C) groups is 1. The van der Waals surface area contributed by atoms with Gasteiger partial charge in [0, 0.05) is 6.92 Å². The summed E-state index contributed by atoms with van der Waals surface area (Å²) in [4.78, 5) is 14.3. The van der Waals surface area contributed by atoms with E-state index < -0.39 is 5.54 Å². The van der Waals surface area contributed by atoms with Gasteiger partial charge in [0.05, 0.1) is 11.2 Å². The molecule has 0 aromatic heterocycles. The molecule has 11 heavy (non-hydrogen) atoms. The molecule has 0 radical (unpaired) electrons. The molecule has 0 heterocycles. The van der Waals surface area contributed by atoms with Crippen LogP contribution in [0.2, 0.25) is 0 Å². The summed E-state index contributed by atoms with van der Waals surface area (Å²) in [6, 6.07) is 0. The Morgan fingerprint density at radius 2 is 2.00 bits per heavy atom. The molecule has 0 aliphatic rings. The van der Waals surface area contributed by atoms with Gasteiger partial charge in [0.2, 0.25) is 5.91 Å². The van der Waals surface area contributed by atoms with Gasteiger partial charge in [-0.2, -0.15) is 0 Å². The van der Waals surface area contributed by atoms with E-state index in [1.54, 1.807) is 0 Å². The van der Waals surface area contributed by atoms with Crippen LogP contribution >= 0.6 is 0 Å². The summed E-state index contributed by atoms with van der Waals surface area (Å²) in [5.74, 6) is -0.0974. The second-order valence-electron chi connectivity index (χ2n) is 2.91. The third kappa shape index (κ3) is 2.98. The van der Waals surface area contributed by atoms with E-state index in [0.717, 1.165) is 0 Å². The molecule has 3 nitrogen and oxygen atoms in total. The largest absolute Gasteiger partial charge is 0.346 e. The number of nitrogens with one attached hydrogen (secondary N) is 1. The number of hydrogen-bond donors (Lipinski definition) is 1. The molecule has 3 heteroatoms. The number of rotatable bonds is 3. The first-order valence-electron chi connectivity index (χ1n) is 3.35. The van der Waals surface area contributed by atoms with Crippen molar-refractivity contribution in [3.8, 4) is 0 Å². The number of hydrogen-bond acceptors (Lipinski definition) is 2. The SMILES string of the molecule is C=NC(=C)C(C)(C)NC(C)=O. The first-order chi connectivity index (χ1) is 4.90. The summed E-state index contributed by atoms with van der Waals surface area (Å²) < 4.78 is 0. The molecule has 0 aliphatic heterocycles. The van der Waals surface area contributed by atoms with Crippen LogP contribution in [0, 0.1) is 0 Å². The molecule has 0 bridgehead atoms. The van der Waals surface area contributed by atoms with Crippen LogP contribution in [0.15, 0.2) is 17.3 Å². The molecule has 0 aromatic carbocycles. The highest BCUT2D eigenvalue weighted by Crippen LogP contribution is 2.13. The second kappa shape index (κ2) is 3.32.